The summed E-state index contributed by atoms with van der Waals surface area (Å²) in [4.78, 5) is 15.3. The van der Waals surface area contributed by atoms with Crippen LogP contribution in [-0.2, 0) is 4.74 Å². The van der Waals surface area contributed by atoms with Gasteiger partial charge in [0.15, 0.2) is 11.6 Å². The van der Waals surface area contributed by atoms with E-state index < -0.39 is 0 Å². The maximum Gasteiger partial charge on any atom is 0.409 e. The highest BCUT2D eigenvalue weighted by atomic mass is 16.6. The Morgan fingerprint density at radius 3 is 2.63 bits per heavy atom. The van der Waals surface area contributed by atoms with Crippen molar-refractivity contribution in [3.63, 3.8) is 0 Å². The van der Waals surface area contributed by atoms with E-state index in [0.717, 1.165) is 5.82 Å². The Kier molecular flexibility index (Phi) is 4.35. The lowest BCUT2D eigenvalue weighted by Crippen LogP contribution is -2.49. The molecular formula is C11H18N6O2. The fraction of sp³-hybridized carbons (Fsp3) is 0.545. The lowest BCUT2D eigenvalue weighted by atomic mass is 10.3. The molecule has 0 aliphatic carbocycles. The van der Waals surface area contributed by atoms with E-state index in [2.05, 4.69) is 20.5 Å². The van der Waals surface area contributed by atoms with Crippen LogP contribution in [0.5, 0.6) is 0 Å². The van der Waals surface area contributed by atoms with Gasteiger partial charge in [0.25, 0.3) is 0 Å². The zero-order valence-electron chi connectivity index (χ0n) is 10.9. The lowest BCUT2D eigenvalue weighted by molar-refractivity contribution is 0.105. The molecule has 1 fully saturated rings. The van der Waals surface area contributed by atoms with Crippen molar-refractivity contribution in [2.45, 2.75) is 6.92 Å². The Balaban J connectivity index is 1.90. The Bertz CT molecular complexity index is 416. The fourth-order valence-electron chi connectivity index (χ4n) is 1.90. The molecule has 0 radical (unpaired) electrons. The number of hydrogen-bond acceptors (Lipinski definition) is 7. The molecule has 1 aromatic rings. The number of amides is 1. The first-order chi connectivity index (χ1) is 9.24. The minimum absolute atomic E-state index is 0.254. The smallest absolute Gasteiger partial charge is 0.409 e. The predicted molar refractivity (Wildman–Crippen MR) is 70.7 cm³/mol. The largest absolute Gasteiger partial charge is 0.450 e. The van der Waals surface area contributed by atoms with Crippen LogP contribution in [0.2, 0.25) is 0 Å². The highest BCUT2D eigenvalue weighted by molar-refractivity contribution is 5.68. The summed E-state index contributed by atoms with van der Waals surface area (Å²) in [6, 6.07) is 3.61. The number of ether oxygens (including phenoxy) is 1. The number of anilines is 2. The molecule has 1 aromatic heterocycles. The van der Waals surface area contributed by atoms with Crippen molar-refractivity contribution in [3.05, 3.63) is 12.1 Å². The Hall–Kier alpha value is -2.09. The van der Waals surface area contributed by atoms with Crippen molar-refractivity contribution < 1.29 is 9.53 Å². The molecule has 0 bridgehead atoms. The van der Waals surface area contributed by atoms with E-state index >= 15 is 0 Å². The van der Waals surface area contributed by atoms with E-state index in [4.69, 9.17) is 10.6 Å². The monoisotopic (exact) mass is 266 g/mol. The van der Waals surface area contributed by atoms with Gasteiger partial charge in [0.05, 0.1) is 6.61 Å². The number of nitrogens with zero attached hydrogens (tertiary/aromatic N) is 4. The van der Waals surface area contributed by atoms with Gasteiger partial charge in [0.1, 0.15) is 0 Å². The fourth-order valence-corrected chi connectivity index (χ4v) is 1.90. The zero-order chi connectivity index (χ0) is 13.7. The molecule has 0 atom stereocenters. The Morgan fingerprint density at radius 1 is 1.37 bits per heavy atom. The van der Waals surface area contributed by atoms with Crippen LogP contribution >= 0.6 is 0 Å². The second-order valence-corrected chi connectivity index (χ2v) is 4.09. The van der Waals surface area contributed by atoms with Crippen LogP contribution < -0.4 is 16.2 Å². The van der Waals surface area contributed by atoms with E-state index in [9.17, 15) is 4.79 Å². The molecular weight excluding hydrogens is 248 g/mol. The highest BCUT2D eigenvalue weighted by Crippen LogP contribution is 2.14. The van der Waals surface area contributed by atoms with Crippen molar-refractivity contribution in [2.75, 3.05) is 43.1 Å². The third-order valence-corrected chi connectivity index (χ3v) is 2.93. The Labute approximate surface area is 111 Å². The third kappa shape index (κ3) is 3.22. The summed E-state index contributed by atoms with van der Waals surface area (Å²) in [6.07, 6.45) is -0.254. The van der Waals surface area contributed by atoms with Crippen LogP contribution in [0.4, 0.5) is 16.4 Å². The van der Waals surface area contributed by atoms with Gasteiger partial charge in [-0.1, -0.05) is 0 Å². The van der Waals surface area contributed by atoms with Gasteiger partial charge in [-0.25, -0.2) is 10.6 Å². The summed E-state index contributed by atoms with van der Waals surface area (Å²) < 4.78 is 4.97. The van der Waals surface area contributed by atoms with Gasteiger partial charge >= 0.3 is 6.09 Å². The summed E-state index contributed by atoms with van der Waals surface area (Å²) in [7, 11) is 0. The quantitative estimate of drug-likeness (QED) is 0.589. The van der Waals surface area contributed by atoms with Crippen LogP contribution in [0.25, 0.3) is 0 Å². The molecule has 19 heavy (non-hydrogen) atoms. The average Bonchev–Trinajstić information content (AvgIpc) is 2.48. The van der Waals surface area contributed by atoms with E-state index in [1.54, 1.807) is 17.9 Å². The molecule has 8 nitrogen and oxygen atoms in total. The molecule has 0 saturated carbocycles. The van der Waals surface area contributed by atoms with Crippen molar-refractivity contribution in [2.24, 2.45) is 5.84 Å². The lowest BCUT2D eigenvalue weighted by Gasteiger charge is -2.34. The number of aromatic nitrogens is 2. The summed E-state index contributed by atoms with van der Waals surface area (Å²) in [5.74, 6) is 6.54. The molecule has 0 aromatic carbocycles. The van der Waals surface area contributed by atoms with Gasteiger partial charge in [-0.15, -0.1) is 10.2 Å². The van der Waals surface area contributed by atoms with Crippen molar-refractivity contribution in [1.29, 1.82) is 0 Å². The number of nitrogens with one attached hydrogen (secondary N) is 1. The van der Waals surface area contributed by atoms with Gasteiger partial charge in [0.2, 0.25) is 0 Å². The summed E-state index contributed by atoms with van der Waals surface area (Å²) in [5.41, 5.74) is 2.43. The van der Waals surface area contributed by atoms with Crippen LogP contribution in [0, 0.1) is 0 Å². The van der Waals surface area contributed by atoms with Gasteiger partial charge in [-0.3, -0.25) is 0 Å². The second-order valence-electron chi connectivity index (χ2n) is 4.09. The Morgan fingerprint density at radius 2 is 2.11 bits per heavy atom. The molecule has 2 rings (SSSR count). The number of carbonyl (C=O) groups is 1. The van der Waals surface area contributed by atoms with E-state index in [-0.39, 0.29) is 6.09 Å². The van der Waals surface area contributed by atoms with Crippen LogP contribution in [0.15, 0.2) is 12.1 Å². The highest BCUT2D eigenvalue weighted by Gasteiger charge is 2.22. The second kappa shape index (κ2) is 6.19. The summed E-state index contributed by atoms with van der Waals surface area (Å²) >= 11 is 0. The number of hydrogen-bond donors (Lipinski definition) is 2. The van der Waals surface area contributed by atoms with Crippen LogP contribution in [-0.4, -0.2) is 54.0 Å². The molecule has 1 aliphatic rings. The molecule has 1 saturated heterocycles. The minimum Gasteiger partial charge on any atom is -0.450 e. The number of carbonyl (C=O) groups excluding carboxylic acids is 1. The zero-order valence-corrected chi connectivity index (χ0v) is 10.9. The van der Waals surface area contributed by atoms with Crippen LogP contribution in [0.1, 0.15) is 6.92 Å². The molecule has 104 valence electrons. The maximum absolute atomic E-state index is 11.6. The summed E-state index contributed by atoms with van der Waals surface area (Å²) in [5, 5.41) is 8.00. The van der Waals surface area contributed by atoms with E-state index in [1.165, 1.54) is 0 Å². The number of nitrogen functional groups attached to an aromatic ring is 1. The number of nitrogens with two attached hydrogens (primary N) is 1. The molecule has 8 heteroatoms. The molecule has 3 N–H and O–H groups in total. The van der Waals surface area contributed by atoms with Gasteiger partial charge in [-0.2, -0.15) is 0 Å². The molecule has 2 heterocycles. The normalized spacial score (nSPS) is 15.3. The molecule has 0 spiro atoms. The maximum atomic E-state index is 11.6. The SMILES string of the molecule is CCOC(=O)N1CCN(c2ccc(NN)nn2)CC1. The van der Waals surface area contributed by atoms with Gasteiger partial charge < -0.3 is 20.0 Å². The van der Waals surface area contributed by atoms with Crippen LogP contribution in [0.3, 0.4) is 0 Å². The molecule has 1 aliphatic heterocycles. The first kappa shape index (κ1) is 13.3. The minimum atomic E-state index is -0.254. The van der Waals surface area contributed by atoms with Gasteiger partial charge in [0, 0.05) is 26.2 Å². The number of hydrazine groups is 1. The van der Waals surface area contributed by atoms with E-state index in [1.807, 2.05) is 6.07 Å². The topological polar surface area (TPSA) is 96.6 Å². The van der Waals surface area contributed by atoms with Gasteiger partial charge in [-0.05, 0) is 19.1 Å². The number of rotatable bonds is 3. The number of piperazine rings is 1. The molecule has 0 unspecified atom stereocenters. The van der Waals surface area contributed by atoms with Crippen molar-refractivity contribution in [1.82, 2.24) is 15.1 Å². The predicted octanol–water partition coefficient (Wildman–Crippen LogP) is 0.0407. The van der Waals surface area contributed by atoms with Crippen molar-refractivity contribution in [3.8, 4) is 0 Å². The first-order valence-corrected chi connectivity index (χ1v) is 6.21. The summed E-state index contributed by atoms with van der Waals surface area (Å²) in [6.45, 7) is 4.87. The standard InChI is InChI=1S/C11H18N6O2/c1-2-19-11(18)17-7-5-16(6-8-17)10-4-3-9(13-12)14-15-10/h3-4H,2,5-8,12H2,1H3,(H,13,14). The van der Waals surface area contributed by atoms with Crippen molar-refractivity contribution >= 4 is 17.7 Å². The molecule has 1 amide bonds. The average molecular weight is 266 g/mol. The third-order valence-electron chi connectivity index (χ3n) is 2.93. The van der Waals surface area contributed by atoms with E-state index in [0.29, 0.717) is 38.6 Å². The first-order valence-electron chi connectivity index (χ1n) is 6.21.